The SMILES string of the molecule is COc1cc(/C=C2/C(=O)NC(=O)N(Cc3ccco3)C2=O)cc(Br)c1OCc1ccccc1Cl. The predicted molar refractivity (Wildman–Crippen MR) is 127 cm³/mol. The Labute approximate surface area is 208 Å². The lowest BCUT2D eigenvalue weighted by Gasteiger charge is -2.25. The molecular formula is C24H18BrClN2O6. The van der Waals surface area contributed by atoms with Crippen molar-refractivity contribution in [3.05, 3.63) is 86.7 Å². The van der Waals surface area contributed by atoms with Gasteiger partial charge in [0.05, 0.1) is 24.4 Å². The van der Waals surface area contributed by atoms with Crippen LogP contribution >= 0.6 is 27.5 Å². The van der Waals surface area contributed by atoms with Crippen molar-refractivity contribution in [1.29, 1.82) is 0 Å². The zero-order chi connectivity index (χ0) is 24.2. The van der Waals surface area contributed by atoms with E-state index in [0.717, 1.165) is 10.5 Å². The molecule has 0 radical (unpaired) electrons. The third-order valence-electron chi connectivity index (χ3n) is 4.97. The average Bonchev–Trinajstić information content (AvgIpc) is 3.33. The van der Waals surface area contributed by atoms with E-state index in [1.54, 1.807) is 30.3 Å². The van der Waals surface area contributed by atoms with Gasteiger partial charge in [0, 0.05) is 10.6 Å². The molecule has 8 nitrogen and oxygen atoms in total. The summed E-state index contributed by atoms with van der Waals surface area (Å²) in [5.41, 5.74) is 1.08. The summed E-state index contributed by atoms with van der Waals surface area (Å²) in [5.74, 6) is -0.320. The second kappa shape index (κ2) is 10.1. The maximum absolute atomic E-state index is 12.9. The number of ether oxygens (including phenoxy) is 2. The Hall–Kier alpha value is -3.56. The highest BCUT2D eigenvalue weighted by molar-refractivity contribution is 9.10. The van der Waals surface area contributed by atoms with Gasteiger partial charge in [-0.2, -0.15) is 0 Å². The van der Waals surface area contributed by atoms with E-state index in [1.165, 1.54) is 19.4 Å². The minimum Gasteiger partial charge on any atom is -0.493 e. The summed E-state index contributed by atoms with van der Waals surface area (Å²) in [5, 5.41) is 2.76. The van der Waals surface area contributed by atoms with Crippen LogP contribution in [0.15, 0.2) is 69.3 Å². The first-order valence-corrected chi connectivity index (χ1v) is 11.2. The third-order valence-corrected chi connectivity index (χ3v) is 5.93. The van der Waals surface area contributed by atoms with Gasteiger partial charge in [-0.15, -0.1) is 0 Å². The zero-order valence-corrected chi connectivity index (χ0v) is 20.2. The number of hydrogen-bond acceptors (Lipinski definition) is 6. The van der Waals surface area contributed by atoms with Crippen molar-refractivity contribution in [2.45, 2.75) is 13.2 Å². The molecule has 1 aliphatic rings. The van der Waals surface area contributed by atoms with Crippen LogP contribution in [-0.4, -0.2) is 29.9 Å². The molecule has 4 rings (SSSR count). The van der Waals surface area contributed by atoms with Crippen LogP contribution in [0.2, 0.25) is 5.02 Å². The topological polar surface area (TPSA) is 98.1 Å². The molecule has 2 aromatic carbocycles. The Bertz CT molecular complexity index is 1290. The van der Waals surface area contributed by atoms with Gasteiger partial charge in [-0.05, 0) is 57.9 Å². The van der Waals surface area contributed by atoms with Crippen LogP contribution in [0.25, 0.3) is 6.08 Å². The summed E-state index contributed by atoms with van der Waals surface area (Å²) in [6.45, 7) is 0.101. The van der Waals surface area contributed by atoms with Crippen molar-refractivity contribution < 1.29 is 28.3 Å². The molecule has 1 aliphatic heterocycles. The number of benzene rings is 2. The number of methoxy groups -OCH3 is 1. The lowest BCUT2D eigenvalue weighted by Crippen LogP contribution is -2.53. The van der Waals surface area contributed by atoms with Crippen LogP contribution in [0.3, 0.4) is 0 Å². The number of hydrogen-bond donors (Lipinski definition) is 1. The maximum atomic E-state index is 12.9. The molecule has 4 amide bonds. The first-order valence-electron chi connectivity index (χ1n) is 10.0. The Morgan fingerprint density at radius 2 is 1.94 bits per heavy atom. The van der Waals surface area contributed by atoms with E-state index in [9.17, 15) is 14.4 Å². The molecule has 34 heavy (non-hydrogen) atoms. The number of amides is 4. The molecule has 1 fully saturated rings. The number of carbonyl (C=O) groups is 3. The van der Waals surface area contributed by atoms with Gasteiger partial charge in [0.15, 0.2) is 11.5 Å². The lowest BCUT2D eigenvalue weighted by atomic mass is 10.1. The predicted octanol–water partition coefficient (Wildman–Crippen LogP) is 4.95. The highest BCUT2D eigenvalue weighted by Gasteiger charge is 2.36. The number of furan rings is 1. The molecule has 0 saturated carbocycles. The largest absolute Gasteiger partial charge is 0.493 e. The van der Waals surface area contributed by atoms with Gasteiger partial charge in [-0.1, -0.05) is 29.8 Å². The maximum Gasteiger partial charge on any atom is 0.331 e. The molecule has 0 spiro atoms. The molecule has 1 saturated heterocycles. The van der Waals surface area contributed by atoms with E-state index in [0.29, 0.717) is 32.3 Å². The van der Waals surface area contributed by atoms with Crippen molar-refractivity contribution in [1.82, 2.24) is 10.2 Å². The fourth-order valence-corrected chi connectivity index (χ4v) is 4.06. The van der Waals surface area contributed by atoms with Gasteiger partial charge in [-0.3, -0.25) is 19.8 Å². The van der Waals surface area contributed by atoms with E-state index >= 15 is 0 Å². The van der Waals surface area contributed by atoms with E-state index in [-0.39, 0.29) is 18.7 Å². The number of nitrogens with zero attached hydrogens (tertiary/aromatic N) is 1. The number of urea groups is 1. The zero-order valence-electron chi connectivity index (χ0n) is 17.8. The second-order valence-corrected chi connectivity index (χ2v) is 8.46. The first kappa shape index (κ1) is 23.6. The number of barbiturate groups is 1. The first-order chi connectivity index (χ1) is 16.4. The lowest BCUT2D eigenvalue weighted by molar-refractivity contribution is -0.130. The Balaban J connectivity index is 1.60. The molecule has 0 aliphatic carbocycles. The van der Waals surface area contributed by atoms with Crippen LogP contribution in [-0.2, 0) is 22.7 Å². The van der Waals surface area contributed by atoms with Crippen molar-refractivity contribution >= 4 is 51.5 Å². The molecule has 0 bridgehead atoms. The highest BCUT2D eigenvalue weighted by Crippen LogP contribution is 2.38. The van der Waals surface area contributed by atoms with E-state index < -0.39 is 17.8 Å². The molecule has 3 aromatic rings. The summed E-state index contributed by atoms with van der Waals surface area (Å²) in [7, 11) is 1.48. The van der Waals surface area contributed by atoms with Crippen LogP contribution < -0.4 is 14.8 Å². The second-order valence-electron chi connectivity index (χ2n) is 7.20. The van der Waals surface area contributed by atoms with Gasteiger partial charge in [0.1, 0.15) is 17.9 Å². The molecule has 174 valence electrons. The van der Waals surface area contributed by atoms with Gasteiger partial charge in [-0.25, -0.2) is 4.79 Å². The molecule has 10 heteroatoms. The Morgan fingerprint density at radius 3 is 2.65 bits per heavy atom. The summed E-state index contributed by atoms with van der Waals surface area (Å²) < 4.78 is 17.1. The molecule has 1 N–H and O–H groups in total. The van der Waals surface area contributed by atoms with Crippen LogP contribution in [0.1, 0.15) is 16.9 Å². The molecule has 0 atom stereocenters. The minimum atomic E-state index is -0.814. The summed E-state index contributed by atoms with van der Waals surface area (Å²) >= 11 is 9.65. The number of imide groups is 2. The van der Waals surface area contributed by atoms with Gasteiger partial charge in [0.2, 0.25) is 0 Å². The number of nitrogens with one attached hydrogen (secondary N) is 1. The molecule has 2 heterocycles. The smallest absolute Gasteiger partial charge is 0.331 e. The van der Waals surface area contributed by atoms with Crippen molar-refractivity contribution in [3.8, 4) is 11.5 Å². The van der Waals surface area contributed by atoms with Gasteiger partial charge in [0.25, 0.3) is 11.8 Å². The van der Waals surface area contributed by atoms with E-state index in [1.807, 2.05) is 18.2 Å². The normalized spacial score (nSPS) is 15.0. The van der Waals surface area contributed by atoms with Crippen LogP contribution in [0.4, 0.5) is 4.79 Å². The van der Waals surface area contributed by atoms with Crippen molar-refractivity contribution in [2.75, 3.05) is 7.11 Å². The van der Waals surface area contributed by atoms with Gasteiger partial charge >= 0.3 is 6.03 Å². The Morgan fingerprint density at radius 1 is 1.15 bits per heavy atom. The van der Waals surface area contributed by atoms with Crippen molar-refractivity contribution in [3.63, 3.8) is 0 Å². The van der Waals surface area contributed by atoms with Crippen LogP contribution in [0, 0.1) is 0 Å². The van der Waals surface area contributed by atoms with Crippen molar-refractivity contribution in [2.24, 2.45) is 0 Å². The standard InChI is InChI=1S/C24H18BrClN2O6/c1-32-20-11-14(10-18(25)21(20)34-13-15-5-2-3-7-19(15)26)9-17-22(29)27-24(31)28(23(17)30)12-16-6-4-8-33-16/h2-11H,12-13H2,1H3,(H,27,29,31)/b17-9-. The fraction of sp³-hybridized carbons (Fsp3) is 0.125. The van der Waals surface area contributed by atoms with Crippen LogP contribution in [0.5, 0.6) is 11.5 Å². The summed E-state index contributed by atoms with van der Waals surface area (Å²) in [4.78, 5) is 38.4. The highest BCUT2D eigenvalue weighted by atomic mass is 79.9. The minimum absolute atomic E-state index is 0.107. The monoisotopic (exact) mass is 544 g/mol. The summed E-state index contributed by atoms with van der Waals surface area (Å²) in [6.07, 6.45) is 2.81. The quantitative estimate of drug-likeness (QED) is 0.333. The number of carbonyl (C=O) groups excluding carboxylic acids is 3. The van der Waals surface area contributed by atoms with E-state index in [4.69, 9.17) is 25.5 Å². The van der Waals surface area contributed by atoms with Gasteiger partial charge < -0.3 is 13.9 Å². The molecule has 0 unspecified atom stereocenters. The molecular weight excluding hydrogens is 528 g/mol. The fourth-order valence-electron chi connectivity index (χ4n) is 3.29. The average molecular weight is 546 g/mol. The Kier molecular flexibility index (Phi) is 7.04. The molecule has 1 aromatic heterocycles. The number of halogens is 2. The summed E-state index contributed by atoms with van der Waals surface area (Å²) in [6, 6.07) is 13.1. The van der Waals surface area contributed by atoms with E-state index in [2.05, 4.69) is 21.2 Å². The third kappa shape index (κ3) is 5.00. The number of rotatable bonds is 7.